The third-order valence-electron chi connectivity index (χ3n) is 4.91. The van der Waals surface area contributed by atoms with Gasteiger partial charge in [0.15, 0.2) is 0 Å². The van der Waals surface area contributed by atoms with Crippen molar-refractivity contribution >= 4 is 5.91 Å². The lowest BCUT2D eigenvalue weighted by atomic mass is 10.1. The van der Waals surface area contributed by atoms with Crippen LogP contribution in [0.25, 0.3) is 5.82 Å². The fourth-order valence-corrected chi connectivity index (χ4v) is 3.29. The van der Waals surface area contributed by atoms with Crippen molar-refractivity contribution in [1.29, 1.82) is 5.26 Å². The Bertz CT molecular complexity index is 965. The summed E-state index contributed by atoms with van der Waals surface area (Å²) >= 11 is 0. The van der Waals surface area contributed by atoms with Gasteiger partial charge in [0, 0.05) is 51.3 Å². The van der Waals surface area contributed by atoms with Crippen molar-refractivity contribution in [3.05, 3.63) is 78.0 Å². The van der Waals surface area contributed by atoms with Gasteiger partial charge in [-0.2, -0.15) is 5.26 Å². The van der Waals surface area contributed by atoms with Crippen LogP contribution in [0.2, 0.25) is 0 Å². The first kappa shape index (κ1) is 17.9. The second kappa shape index (κ2) is 8.03. The normalized spacial score (nSPS) is 14.6. The van der Waals surface area contributed by atoms with Gasteiger partial charge in [-0.1, -0.05) is 12.1 Å². The highest BCUT2D eigenvalue weighted by molar-refractivity contribution is 5.94. The van der Waals surface area contributed by atoms with Crippen LogP contribution in [-0.2, 0) is 6.54 Å². The number of carbonyl (C=O) groups excluding carboxylic acids is 1. The van der Waals surface area contributed by atoms with E-state index < -0.39 is 0 Å². The number of amides is 1. The van der Waals surface area contributed by atoms with Crippen LogP contribution in [0.5, 0.6) is 0 Å². The number of piperazine rings is 1. The van der Waals surface area contributed by atoms with Crippen LogP contribution in [0, 0.1) is 11.3 Å². The van der Waals surface area contributed by atoms with Gasteiger partial charge in [-0.25, -0.2) is 9.97 Å². The minimum Gasteiger partial charge on any atom is -0.336 e. The van der Waals surface area contributed by atoms with Crippen LogP contribution in [0.15, 0.2) is 61.3 Å². The van der Waals surface area contributed by atoms with E-state index >= 15 is 0 Å². The lowest BCUT2D eigenvalue weighted by Crippen LogP contribution is -2.48. The maximum Gasteiger partial charge on any atom is 0.255 e. The second-order valence-corrected chi connectivity index (χ2v) is 6.75. The Labute approximate surface area is 163 Å². The number of nitrogens with zero attached hydrogens (tertiary/aromatic N) is 6. The van der Waals surface area contributed by atoms with Crippen LogP contribution < -0.4 is 0 Å². The molecule has 3 heterocycles. The lowest BCUT2D eigenvalue weighted by molar-refractivity contribution is 0.0628. The van der Waals surface area contributed by atoms with Gasteiger partial charge in [-0.3, -0.25) is 14.3 Å². The number of pyridine rings is 1. The van der Waals surface area contributed by atoms with Crippen molar-refractivity contribution in [3.8, 4) is 11.9 Å². The average molecular weight is 372 g/mol. The number of rotatable bonds is 4. The zero-order valence-electron chi connectivity index (χ0n) is 15.4. The largest absolute Gasteiger partial charge is 0.336 e. The van der Waals surface area contributed by atoms with E-state index in [9.17, 15) is 4.79 Å². The fourth-order valence-electron chi connectivity index (χ4n) is 3.29. The third kappa shape index (κ3) is 3.92. The minimum atomic E-state index is 0.0164. The molecule has 7 heteroatoms. The van der Waals surface area contributed by atoms with Gasteiger partial charge in [-0.15, -0.1) is 0 Å². The van der Waals surface area contributed by atoms with Crippen molar-refractivity contribution < 1.29 is 4.79 Å². The molecule has 2 aromatic heterocycles. The number of carbonyl (C=O) groups is 1. The molecule has 4 rings (SSSR count). The van der Waals surface area contributed by atoms with Crippen LogP contribution >= 0.6 is 0 Å². The monoisotopic (exact) mass is 372 g/mol. The highest BCUT2D eigenvalue weighted by Crippen LogP contribution is 2.13. The maximum absolute atomic E-state index is 12.8. The van der Waals surface area contributed by atoms with Gasteiger partial charge in [0.05, 0.1) is 17.2 Å². The molecular formula is C21H20N6O. The molecule has 0 N–H and O–H groups in total. The van der Waals surface area contributed by atoms with Gasteiger partial charge < -0.3 is 4.90 Å². The van der Waals surface area contributed by atoms with Crippen molar-refractivity contribution in [2.24, 2.45) is 0 Å². The summed E-state index contributed by atoms with van der Waals surface area (Å²) in [6.07, 6.45) is 6.81. The van der Waals surface area contributed by atoms with E-state index in [1.165, 1.54) is 5.56 Å². The molecule has 1 saturated heterocycles. The standard InChI is InChI=1S/C21H20N6O/c22-13-17-1-3-18(4-2-17)15-25-9-11-26(12-10-25)21(28)19-5-6-20(24-14-19)27-8-7-23-16-27/h1-8,14,16H,9-12,15H2. The van der Waals surface area contributed by atoms with Crippen molar-refractivity contribution in [1.82, 2.24) is 24.3 Å². The predicted molar refractivity (Wildman–Crippen MR) is 104 cm³/mol. The molecule has 1 fully saturated rings. The first-order valence-corrected chi connectivity index (χ1v) is 9.18. The Morgan fingerprint density at radius 2 is 1.86 bits per heavy atom. The molecule has 28 heavy (non-hydrogen) atoms. The highest BCUT2D eigenvalue weighted by Gasteiger charge is 2.22. The Hall–Kier alpha value is -3.50. The molecule has 1 aromatic carbocycles. The molecule has 1 amide bonds. The van der Waals surface area contributed by atoms with E-state index in [0.29, 0.717) is 24.2 Å². The van der Waals surface area contributed by atoms with E-state index in [1.54, 1.807) is 23.3 Å². The van der Waals surface area contributed by atoms with Gasteiger partial charge in [-0.05, 0) is 29.8 Å². The van der Waals surface area contributed by atoms with E-state index in [1.807, 2.05) is 47.5 Å². The first-order valence-electron chi connectivity index (χ1n) is 9.18. The number of hydrogen-bond acceptors (Lipinski definition) is 5. The molecule has 0 aliphatic carbocycles. The van der Waals surface area contributed by atoms with Crippen LogP contribution in [0.3, 0.4) is 0 Å². The Balaban J connectivity index is 1.33. The number of nitriles is 1. The van der Waals surface area contributed by atoms with Crippen LogP contribution in [0.1, 0.15) is 21.5 Å². The summed E-state index contributed by atoms with van der Waals surface area (Å²) in [5, 5.41) is 8.88. The molecular weight excluding hydrogens is 352 g/mol. The minimum absolute atomic E-state index is 0.0164. The Morgan fingerprint density at radius 3 is 2.46 bits per heavy atom. The first-order chi connectivity index (χ1) is 13.7. The molecule has 0 saturated carbocycles. The Kier molecular flexibility index (Phi) is 5.13. The van der Waals surface area contributed by atoms with Crippen LogP contribution in [-0.4, -0.2) is 56.4 Å². The molecule has 0 bridgehead atoms. The summed E-state index contributed by atoms with van der Waals surface area (Å²) in [5.74, 6) is 0.754. The molecule has 0 atom stereocenters. The molecule has 3 aromatic rings. The summed E-state index contributed by atoms with van der Waals surface area (Å²) in [6, 6.07) is 13.4. The number of aromatic nitrogens is 3. The van der Waals surface area contributed by atoms with Gasteiger partial charge in [0.1, 0.15) is 12.1 Å². The van der Waals surface area contributed by atoms with E-state index in [-0.39, 0.29) is 5.91 Å². The van der Waals surface area contributed by atoms with Gasteiger partial charge >= 0.3 is 0 Å². The van der Waals surface area contributed by atoms with Crippen molar-refractivity contribution in [2.75, 3.05) is 26.2 Å². The quantitative estimate of drug-likeness (QED) is 0.701. The highest BCUT2D eigenvalue weighted by atomic mass is 16.2. The summed E-state index contributed by atoms with van der Waals surface area (Å²) in [4.78, 5) is 25.3. The number of benzene rings is 1. The predicted octanol–water partition coefficient (Wildman–Crippen LogP) is 2.10. The Morgan fingerprint density at radius 1 is 1.07 bits per heavy atom. The molecule has 7 nitrogen and oxygen atoms in total. The second-order valence-electron chi connectivity index (χ2n) is 6.75. The van der Waals surface area contributed by atoms with Crippen molar-refractivity contribution in [2.45, 2.75) is 6.54 Å². The number of hydrogen-bond donors (Lipinski definition) is 0. The molecule has 140 valence electrons. The molecule has 1 aliphatic rings. The van der Waals surface area contributed by atoms with Crippen molar-refractivity contribution in [3.63, 3.8) is 0 Å². The molecule has 0 spiro atoms. The maximum atomic E-state index is 12.8. The number of imidazole rings is 1. The summed E-state index contributed by atoms with van der Waals surface area (Å²) in [5.41, 5.74) is 2.45. The van der Waals surface area contributed by atoms with Gasteiger partial charge in [0.2, 0.25) is 0 Å². The third-order valence-corrected chi connectivity index (χ3v) is 4.91. The van der Waals surface area contributed by atoms with E-state index in [0.717, 1.165) is 25.5 Å². The SMILES string of the molecule is N#Cc1ccc(CN2CCN(C(=O)c3ccc(-n4ccnc4)nc3)CC2)cc1. The summed E-state index contributed by atoms with van der Waals surface area (Å²) in [6.45, 7) is 3.87. The molecule has 0 unspecified atom stereocenters. The van der Waals surface area contributed by atoms with E-state index in [2.05, 4.69) is 20.9 Å². The molecule has 1 aliphatic heterocycles. The lowest BCUT2D eigenvalue weighted by Gasteiger charge is -2.34. The zero-order valence-corrected chi connectivity index (χ0v) is 15.4. The summed E-state index contributed by atoms with van der Waals surface area (Å²) < 4.78 is 1.80. The fraction of sp³-hybridized carbons (Fsp3) is 0.238. The van der Waals surface area contributed by atoms with E-state index in [4.69, 9.17) is 5.26 Å². The zero-order chi connectivity index (χ0) is 19.3. The smallest absolute Gasteiger partial charge is 0.255 e. The average Bonchev–Trinajstić information content (AvgIpc) is 3.29. The molecule has 0 radical (unpaired) electrons. The summed E-state index contributed by atoms with van der Waals surface area (Å²) in [7, 11) is 0. The topological polar surface area (TPSA) is 78.0 Å². The van der Waals surface area contributed by atoms with Gasteiger partial charge in [0.25, 0.3) is 5.91 Å². The van der Waals surface area contributed by atoms with Crippen LogP contribution in [0.4, 0.5) is 0 Å².